The Morgan fingerprint density at radius 3 is 1.29 bits per heavy atom. The van der Waals surface area contributed by atoms with Crippen LogP contribution in [0.3, 0.4) is 0 Å². The second kappa shape index (κ2) is 13.7. The van der Waals surface area contributed by atoms with E-state index in [1.807, 2.05) is 36.4 Å². The zero-order valence-electron chi connectivity index (χ0n) is 19.9. The molecule has 0 amide bonds. The molecule has 34 heavy (non-hydrogen) atoms. The van der Waals surface area contributed by atoms with E-state index in [0.717, 1.165) is 0 Å². The topological polar surface area (TPSA) is 83.0 Å². The summed E-state index contributed by atoms with van der Waals surface area (Å²) in [5.41, 5.74) is 2.36. The second-order valence-electron chi connectivity index (χ2n) is 8.48. The van der Waals surface area contributed by atoms with Gasteiger partial charge in [0, 0.05) is 25.2 Å². The molecule has 4 N–H and O–H groups in total. The first-order valence-electron chi connectivity index (χ1n) is 11.8. The van der Waals surface area contributed by atoms with Crippen molar-refractivity contribution in [2.45, 2.75) is 38.1 Å². The molecule has 3 rings (SSSR count). The van der Waals surface area contributed by atoms with E-state index in [-0.39, 0.29) is 25.3 Å². The highest BCUT2D eigenvalue weighted by Crippen LogP contribution is 2.18. The van der Waals surface area contributed by atoms with Crippen LogP contribution in [-0.4, -0.2) is 48.7 Å². The molecule has 0 aliphatic carbocycles. The van der Waals surface area contributed by atoms with Crippen molar-refractivity contribution in [3.63, 3.8) is 0 Å². The van der Waals surface area contributed by atoms with Crippen molar-refractivity contribution in [3.8, 4) is 11.5 Å². The molecule has 6 nitrogen and oxygen atoms in total. The molecule has 0 fully saturated rings. The number of hydrogen-bond acceptors (Lipinski definition) is 6. The van der Waals surface area contributed by atoms with Crippen LogP contribution < -0.4 is 20.1 Å². The van der Waals surface area contributed by atoms with Crippen molar-refractivity contribution in [1.82, 2.24) is 10.6 Å². The maximum atomic E-state index is 10.2. The highest BCUT2D eigenvalue weighted by Gasteiger charge is 2.11. The van der Waals surface area contributed by atoms with Crippen molar-refractivity contribution in [2.75, 3.05) is 26.3 Å². The molecule has 0 aliphatic rings. The van der Waals surface area contributed by atoms with Crippen LogP contribution in [-0.2, 0) is 0 Å². The second-order valence-corrected chi connectivity index (χ2v) is 8.48. The Balaban J connectivity index is 1.32. The van der Waals surface area contributed by atoms with Crippen LogP contribution in [0.15, 0.2) is 84.9 Å². The van der Waals surface area contributed by atoms with E-state index in [1.165, 1.54) is 11.1 Å². The molecule has 3 aromatic rings. The highest BCUT2D eigenvalue weighted by molar-refractivity contribution is 5.31. The van der Waals surface area contributed by atoms with Gasteiger partial charge in [-0.1, -0.05) is 60.7 Å². The Bertz CT molecular complexity index is 859. The Labute approximate surface area is 202 Å². The summed E-state index contributed by atoms with van der Waals surface area (Å²) in [5, 5.41) is 27.1. The molecule has 0 saturated heterocycles. The third-order valence-electron chi connectivity index (χ3n) is 5.63. The minimum absolute atomic E-state index is 0.152. The monoisotopic (exact) mass is 464 g/mol. The number of aliphatic hydroxyl groups excluding tert-OH is 2. The fourth-order valence-corrected chi connectivity index (χ4v) is 3.48. The van der Waals surface area contributed by atoms with E-state index in [1.54, 1.807) is 24.3 Å². The lowest BCUT2D eigenvalue weighted by atomic mass is 10.1. The third kappa shape index (κ3) is 8.80. The van der Waals surface area contributed by atoms with Gasteiger partial charge in [-0.25, -0.2) is 0 Å². The largest absolute Gasteiger partial charge is 0.491 e. The number of ether oxygens (including phenoxy) is 2. The zero-order chi connectivity index (χ0) is 24.2. The predicted octanol–water partition coefficient (Wildman–Crippen LogP) is 3.87. The predicted molar refractivity (Wildman–Crippen MR) is 135 cm³/mol. The summed E-state index contributed by atoms with van der Waals surface area (Å²) in [4.78, 5) is 0. The van der Waals surface area contributed by atoms with Crippen LogP contribution in [0.5, 0.6) is 11.5 Å². The Morgan fingerprint density at radius 2 is 0.941 bits per heavy atom. The number of hydrogen-bond donors (Lipinski definition) is 4. The molecule has 0 radical (unpaired) electrons. The van der Waals surface area contributed by atoms with Crippen molar-refractivity contribution in [3.05, 3.63) is 96.1 Å². The van der Waals surface area contributed by atoms with Gasteiger partial charge < -0.3 is 30.3 Å². The fraction of sp³-hybridized carbons (Fsp3) is 0.357. The number of nitrogens with one attached hydrogen (secondary N) is 2. The smallest absolute Gasteiger partial charge is 0.119 e. The number of rotatable bonds is 14. The number of benzene rings is 3. The van der Waals surface area contributed by atoms with Crippen LogP contribution in [0.2, 0.25) is 0 Å². The molecular weight excluding hydrogens is 428 g/mol. The van der Waals surface area contributed by atoms with Crippen LogP contribution in [0.4, 0.5) is 0 Å². The molecule has 182 valence electrons. The van der Waals surface area contributed by atoms with Crippen LogP contribution in [0.25, 0.3) is 0 Å². The van der Waals surface area contributed by atoms with Gasteiger partial charge in [-0.15, -0.1) is 0 Å². The molecule has 0 unspecified atom stereocenters. The minimum Gasteiger partial charge on any atom is -0.491 e. The summed E-state index contributed by atoms with van der Waals surface area (Å²) in [6.07, 6.45) is -1.24. The lowest BCUT2D eigenvalue weighted by Crippen LogP contribution is -2.33. The highest BCUT2D eigenvalue weighted by atomic mass is 16.5. The molecule has 0 saturated carbocycles. The Hall–Kier alpha value is -2.90. The van der Waals surface area contributed by atoms with E-state index < -0.39 is 12.2 Å². The van der Waals surface area contributed by atoms with Gasteiger partial charge in [-0.3, -0.25) is 0 Å². The lowest BCUT2D eigenvalue weighted by molar-refractivity contribution is 0.102. The van der Waals surface area contributed by atoms with Crippen molar-refractivity contribution in [1.29, 1.82) is 0 Å². The van der Waals surface area contributed by atoms with E-state index in [0.29, 0.717) is 24.6 Å². The van der Waals surface area contributed by atoms with Crippen LogP contribution in [0.1, 0.15) is 37.1 Å². The van der Waals surface area contributed by atoms with E-state index >= 15 is 0 Å². The molecule has 0 heterocycles. The normalized spacial score (nSPS) is 14.7. The van der Waals surface area contributed by atoms with Gasteiger partial charge in [-0.05, 0) is 49.2 Å². The summed E-state index contributed by atoms with van der Waals surface area (Å²) in [6, 6.07) is 27.7. The average molecular weight is 465 g/mol. The fourth-order valence-electron chi connectivity index (χ4n) is 3.48. The molecule has 0 aliphatic heterocycles. The van der Waals surface area contributed by atoms with Gasteiger partial charge in [0.1, 0.15) is 36.9 Å². The summed E-state index contributed by atoms with van der Waals surface area (Å²) < 4.78 is 11.4. The van der Waals surface area contributed by atoms with Crippen molar-refractivity contribution >= 4 is 0 Å². The van der Waals surface area contributed by atoms with Gasteiger partial charge in [0.2, 0.25) is 0 Å². The van der Waals surface area contributed by atoms with Gasteiger partial charge in [-0.2, -0.15) is 0 Å². The molecular formula is C28H36N2O4. The molecule has 0 aromatic heterocycles. The summed E-state index contributed by atoms with van der Waals surface area (Å²) in [7, 11) is 0. The lowest BCUT2D eigenvalue weighted by Gasteiger charge is -2.18. The summed E-state index contributed by atoms with van der Waals surface area (Å²) >= 11 is 0. The van der Waals surface area contributed by atoms with E-state index in [9.17, 15) is 10.2 Å². The third-order valence-corrected chi connectivity index (χ3v) is 5.63. The SMILES string of the molecule is C[C@@H](NC[C@H](O)COc1ccc(OC[C@@H](O)CN[C@H](C)c2ccccc2)cc1)c1ccccc1. The zero-order valence-corrected chi connectivity index (χ0v) is 19.9. The van der Waals surface area contributed by atoms with Gasteiger partial charge in [0.05, 0.1) is 0 Å². The van der Waals surface area contributed by atoms with Crippen molar-refractivity contribution < 1.29 is 19.7 Å². The quantitative estimate of drug-likeness (QED) is 0.290. The Morgan fingerprint density at radius 1 is 0.588 bits per heavy atom. The van der Waals surface area contributed by atoms with Gasteiger partial charge in [0.25, 0.3) is 0 Å². The van der Waals surface area contributed by atoms with Crippen LogP contribution in [0, 0.1) is 0 Å². The first-order valence-corrected chi connectivity index (χ1v) is 11.8. The van der Waals surface area contributed by atoms with Gasteiger partial charge in [0.15, 0.2) is 0 Å². The van der Waals surface area contributed by atoms with Crippen molar-refractivity contribution in [2.24, 2.45) is 0 Å². The number of aliphatic hydroxyl groups is 2. The first-order chi connectivity index (χ1) is 16.5. The molecule has 0 spiro atoms. The standard InChI is InChI=1S/C28H36N2O4/c1-21(23-9-5-3-6-10-23)29-17-25(31)19-33-27-13-15-28(16-14-27)34-20-26(32)18-30-22(2)24-11-7-4-8-12-24/h3-16,21-22,25-26,29-32H,17-20H2,1-2H3/t21-,22-,25+,26+/m1/s1. The van der Waals surface area contributed by atoms with E-state index in [2.05, 4.69) is 48.7 Å². The molecule has 0 bridgehead atoms. The first kappa shape index (κ1) is 25.7. The maximum absolute atomic E-state index is 10.2. The maximum Gasteiger partial charge on any atom is 0.119 e. The summed E-state index contributed by atoms with van der Waals surface area (Å²) in [5.74, 6) is 1.31. The van der Waals surface area contributed by atoms with Crippen LogP contribution >= 0.6 is 0 Å². The molecule has 3 aromatic carbocycles. The minimum atomic E-state index is -0.622. The average Bonchev–Trinajstić information content (AvgIpc) is 2.89. The molecule has 6 heteroatoms. The summed E-state index contributed by atoms with van der Waals surface area (Å²) in [6.45, 7) is 5.40. The van der Waals surface area contributed by atoms with Gasteiger partial charge >= 0.3 is 0 Å². The molecule has 4 atom stereocenters. The van der Waals surface area contributed by atoms with E-state index in [4.69, 9.17) is 9.47 Å². The Kier molecular flexibility index (Phi) is 10.4.